The molecule has 7 nitrogen and oxygen atoms in total. The van der Waals surface area contributed by atoms with Gasteiger partial charge in [-0.05, 0) is 6.92 Å². The summed E-state index contributed by atoms with van der Waals surface area (Å²) in [4.78, 5) is 26.4. The van der Waals surface area contributed by atoms with Gasteiger partial charge in [0.05, 0.1) is 12.6 Å². The quantitative estimate of drug-likeness (QED) is 0.839. The van der Waals surface area contributed by atoms with Crippen LogP contribution in [0.3, 0.4) is 0 Å². The van der Waals surface area contributed by atoms with Crippen LogP contribution in [0, 0.1) is 6.92 Å². The second-order valence-electron chi connectivity index (χ2n) is 4.62. The maximum Gasteiger partial charge on any atom is 0.304 e. The molecule has 7 heteroatoms. The Balaban J connectivity index is 1.85. The molecule has 1 fully saturated rings. The highest BCUT2D eigenvalue weighted by atomic mass is 16.5. The number of carboxylic acid groups (broad SMARTS) is 1. The molecule has 1 aromatic rings. The molecular formula is C12H17N3O4. The van der Waals surface area contributed by atoms with Crippen LogP contribution < -0.4 is 0 Å². The predicted molar refractivity (Wildman–Crippen MR) is 65.8 cm³/mol. The molecule has 1 aliphatic rings. The van der Waals surface area contributed by atoms with Crippen molar-refractivity contribution in [1.82, 2.24) is 15.0 Å². The van der Waals surface area contributed by atoms with Gasteiger partial charge in [-0.25, -0.2) is 0 Å². The summed E-state index contributed by atoms with van der Waals surface area (Å²) in [5, 5.41) is 12.2. The molecule has 104 valence electrons. The molecule has 1 aromatic heterocycles. The number of carboxylic acids is 1. The van der Waals surface area contributed by atoms with Crippen LogP contribution in [0.2, 0.25) is 0 Å². The Kier molecular flexibility index (Phi) is 4.16. The number of aliphatic carboxylic acids is 1. The maximum absolute atomic E-state index is 12.1. The van der Waals surface area contributed by atoms with Gasteiger partial charge in [0.15, 0.2) is 0 Å². The van der Waals surface area contributed by atoms with Crippen molar-refractivity contribution in [3.63, 3.8) is 0 Å². The molecule has 0 aromatic carbocycles. The molecule has 0 aliphatic carbocycles. The molecule has 0 unspecified atom stereocenters. The number of amides is 1. The number of nitrogens with zero attached hydrogens (tertiary/aromatic N) is 3. The van der Waals surface area contributed by atoms with Gasteiger partial charge in [0.25, 0.3) is 5.91 Å². The largest absolute Gasteiger partial charge is 0.481 e. The maximum atomic E-state index is 12.1. The molecule has 0 spiro atoms. The van der Waals surface area contributed by atoms with E-state index in [1.165, 1.54) is 6.20 Å². The molecule has 19 heavy (non-hydrogen) atoms. The highest BCUT2D eigenvalue weighted by Gasteiger charge is 2.25. The van der Waals surface area contributed by atoms with E-state index in [1.807, 2.05) is 4.90 Å². The van der Waals surface area contributed by atoms with Crippen molar-refractivity contribution < 1.29 is 19.2 Å². The van der Waals surface area contributed by atoms with Gasteiger partial charge in [-0.15, -0.1) is 0 Å². The van der Waals surface area contributed by atoms with Crippen LogP contribution in [0.25, 0.3) is 0 Å². The van der Waals surface area contributed by atoms with E-state index in [2.05, 4.69) is 5.16 Å². The molecule has 1 aliphatic heterocycles. The average Bonchev–Trinajstić information content (AvgIpc) is 2.82. The standard InChI is InChI=1S/C12H17N3O4/c1-9-8-13-19-11(9)12(18)15-6-4-14(5-7-15)3-2-10(16)17/h8H,2-7H2,1H3,(H,16,17). The fraction of sp³-hybridized carbons (Fsp3) is 0.583. The lowest BCUT2D eigenvalue weighted by Crippen LogP contribution is -2.49. The van der Waals surface area contributed by atoms with E-state index in [9.17, 15) is 9.59 Å². The normalized spacial score (nSPS) is 16.6. The second kappa shape index (κ2) is 5.83. The number of hydrogen-bond donors (Lipinski definition) is 1. The van der Waals surface area contributed by atoms with Crippen molar-refractivity contribution in [3.05, 3.63) is 17.5 Å². The Bertz CT molecular complexity index is 463. The lowest BCUT2D eigenvalue weighted by Gasteiger charge is -2.33. The summed E-state index contributed by atoms with van der Waals surface area (Å²) in [5.74, 6) is -0.650. The fourth-order valence-corrected chi connectivity index (χ4v) is 2.07. The van der Waals surface area contributed by atoms with E-state index in [-0.39, 0.29) is 12.3 Å². The SMILES string of the molecule is Cc1cnoc1C(=O)N1CCN(CCC(=O)O)CC1. The van der Waals surface area contributed by atoms with Crippen LogP contribution in [-0.2, 0) is 4.79 Å². The fourth-order valence-electron chi connectivity index (χ4n) is 2.07. The number of piperazine rings is 1. The summed E-state index contributed by atoms with van der Waals surface area (Å²) in [6.07, 6.45) is 1.66. The van der Waals surface area contributed by atoms with E-state index >= 15 is 0 Å². The Morgan fingerprint density at radius 3 is 2.58 bits per heavy atom. The van der Waals surface area contributed by atoms with Crippen molar-refractivity contribution >= 4 is 11.9 Å². The zero-order valence-electron chi connectivity index (χ0n) is 10.8. The van der Waals surface area contributed by atoms with Crippen LogP contribution >= 0.6 is 0 Å². The Morgan fingerprint density at radius 2 is 2.05 bits per heavy atom. The lowest BCUT2D eigenvalue weighted by molar-refractivity contribution is -0.137. The molecule has 2 rings (SSSR count). The summed E-state index contributed by atoms with van der Waals surface area (Å²) < 4.78 is 4.95. The molecule has 0 atom stereocenters. The van der Waals surface area contributed by atoms with Crippen LogP contribution in [0.5, 0.6) is 0 Å². The summed E-state index contributed by atoms with van der Waals surface area (Å²) in [7, 11) is 0. The molecule has 0 bridgehead atoms. The number of carbonyl (C=O) groups is 2. The molecule has 2 heterocycles. The summed E-state index contributed by atoms with van der Waals surface area (Å²) in [5.41, 5.74) is 0.735. The van der Waals surface area contributed by atoms with Crippen molar-refractivity contribution in [1.29, 1.82) is 0 Å². The number of aryl methyl sites for hydroxylation is 1. The molecule has 1 saturated heterocycles. The minimum atomic E-state index is -0.796. The van der Waals surface area contributed by atoms with E-state index in [0.29, 0.717) is 38.5 Å². The van der Waals surface area contributed by atoms with Crippen molar-refractivity contribution in [2.24, 2.45) is 0 Å². The third-order valence-corrected chi connectivity index (χ3v) is 3.24. The zero-order chi connectivity index (χ0) is 13.8. The first-order valence-electron chi connectivity index (χ1n) is 6.22. The van der Waals surface area contributed by atoms with E-state index in [4.69, 9.17) is 9.63 Å². The van der Waals surface area contributed by atoms with Crippen molar-refractivity contribution in [2.45, 2.75) is 13.3 Å². The first-order chi connectivity index (χ1) is 9.08. The first kappa shape index (κ1) is 13.5. The van der Waals surface area contributed by atoms with E-state index < -0.39 is 5.97 Å². The van der Waals surface area contributed by atoms with E-state index in [1.54, 1.807) is 11.8 Å². The van der Waals surface area contributed by atoms with Crippen LogP contribution in [0.15, 0.2) is 10.7 Å². The van der Waals surface area contributed by atoms with Gasteiger partial charge in [-0.3, -0.25) is 14.5 Å². The molecule has 0 saturated carbocycles. The highest BCUT2D eigenvalue weighted by Crippen LogP contribution is 2.12. The Hall–Kier alpha value is -1.89. The number of hydrogen-bond acceptors (Lipinski definition) is 5. The average molecular weight is 267 g/mol. The van der Waals surface area contributed by atoms with Gasteiger partial charge in [-0.1, -0.05) is 5.16 Å². The van der Waals surface area contributed by atoms with Gasteiger partial charge >= 0.3 is 5.97 Å². The van der Waals surface area contributed by atoms with Gasteiger partial charge in [0.2, 0.25) is 5.76 Å². The van der Waals surface area contributed by atoms with E-state index in [0.717, 1.165) is 5.56 Å². The van der Waals surface area contributed by atoms with Gasteiger partial charge < -0.3 is 14.5 Å². The third kappa shape index (κ3) is 3.31. The third-order valence-electron chi connectivity index (χ3n) is 3.24. The summed E-state index contributed by atoms with van der Waals surface area (Å²) in [6.45, 7) is 4.85. The van der Waals surface area contributed by atoms with Gasteiger partial charge in [0.1, 0.15) is 0 Å². The molecular weight excluding hydrogens is 250 g/mol. The molecule has 0 radical (unpaired) electrons. The van der Waals surface area contributed by atoms with Gasteiger partial charge in [-0.2, -0.15) is 0 Å². The summed E-state index contributed by atoms with van der Waals surface area (Å²) in [6, 6.07) is 0. The minimum Gasteiger partial charge on any atom is -0.481 e. The number of rotatable bonds is 4. The van der Waals surface area contributed by atoms with Gasteiger partial charge in [0, 0.05) is 38.3 Å². The zero-order valence-corrected chi connectivity index (χ0v) is 10.8. The molecule has 1 N–H and O–H groups in total. The Morgan fingerprint density at radius 1 is 1.37 bits per heavy atom. The van der Waals surface area contributed by atoms with Crippen molar-refractivity contribution in [3.8, 4) is 0 Å². The Labute approximate surface area is 110 Å². The number of carbonyl (C=O) groups excluding carboxylic acids is 1. The second-order valence-corrected chi connectivity index (χ2v) is 4.62. The molecule has 1 amide bonds. The lowest BCUT2D eigenvalue weighted by atomic mass is 10.2. The summed E-state index contributed by atoms with van der Waals surface area (Å²) >= 11 is 0. The first-order valence-corrected chi connectivity index (χ1v) is 6.22. The van der Waals surface area contributed by atoms with Crippen LogP contribution in [0.1, 0.15) is 22.5 Å². The minimum absolute atomic E-state index is 0.134. The van der Waals surface area contributed by atoms with Crippen LogP contribution in [-0.4, -0.2) is 64.7 Å². The monoisotopic (exact) mass is 267 g/mol. The highest BCUT2D eigenvalue weighted by molar-refractivity contribution is 5.92. The smallest absolute Gasteiger partial charge is 0.304 e. The van der Waals surface area contributed by atoms with Crippen LogP contribution in [0.4, 0.5) is 0 Å². The van der Waals surface area contributed by atoms with Crippen molar-refractivity contribution in [2.75, 3.05) is 32.7 Å². The topological polar surface area (TPSA) is 86.9 Å². The predicted octanol–water partition coefficient (Wildman–Crippen LogP) is 0.216. The number of aromatic nitrogens is 1.